The highest BCUT2D eigenvalue weighted by Gasteiger charge is 2.59. The zero-order valence-electron chi connectivity index (χ0n) is 15.0. The third-order valence-corrected chi connectivity index (χ3v) is 6.79. The van der Waals surface area contributed by atoms with Gasteiger partial charge in [0.2, 0.25) is 15.9 Å². The number of carboxylic acid groups (broad SMARTS) is 1. The summed E-state index contributed by atoms with van der Waals surface area (Å²) >= 11 is 0. The van der Waals surface area contributed by atoms with E-state index in [9.17, 15) is 23.1 Å². The summed E-state index contributed by atoms with van der Waals surface area (Å²) in [5.74, 6) is -1.47. The summed E-state index contributed by atoms with van der Waals surface area (Å²) in [6.07, 6.45) is 2.02. The number of amides is 1. The Hall–Kier alpha value is -1.93. The molecule has 0 aromatic heterocycles. The Morgan fingerprint density at radius 3 is 2.38 bits per heavy atom. The van der Waals surface area contributed by atoms with Crippen LogP contribution in [0.2, 0.25) is 0 Å². The van der Waals surface area contributed by atoms with Crippen molar-refractivity contribution in [2.45, 2.75) is 19.8 Å². The molecule has 0 radical (unpaired) electrons. The molecule has 0 aliphatic carbocycles. The van der Waals surface area contributed by atoms with E-state index in [-0.39, 0.29) is 31.5 Å². The molecule has 1 aromatic carbocycles. The highest BCUT2D eigenvalue weighted by Crippen LogP contribution is 2.43. The van der Waals surface area contributed by atoms with Crippen molar-refractivity contribution in [3.63, 3.8) is 0 Å². The van der Waals surface area contributed by atoms with Gasteiger partial charge in [0.1, 0.15) is 5.41 Å². The van der Waals surface area contributed by atoms with E-state index in [1.54, 1.807) is 4.90 Å². The summed E-state index contributed by atoms with van der Waals surface area (Å²) in [6.45, 7) is 2.47. The predicted molar refractivity (Wildman–Crippen MR) is 96.1 cm³/mol. The van der Waals surface area contributed by atoms with Crippen LogP contribution in [0.15, 0.2) is 24.3 Å². The van der Waals surface area contributed by atoms with E-state index in [1.165, 1.54) is 4.31 Å². The van der Waals surface area contributed by atoms with Crippen molar-refractivity contribution in [2.24, 2.45) is 11.3 Å². The van der Waals surface area contributed by atoms with Gasteiger partial charge in [-0.1, -0.05) is 29.8 Å². The van der Waals surface area contributed by atoms with E-state index in [0.717, 1.165) is 17.4 Å². The van der Waals surface area contributed by atoms with Crippen molar-refractivity contribution in [2.75, 3.05) is 32.4 Å². The maximum Gasteiger partial charge on any atom is 0.313 e. The topological polar surface area (TPSA) is 95.0 Å². The molecule has 1 N–H and O–H groups in total. The van der Waals surface area contributed by atoms with Gasteiger partial charge < -0.3 is 10.0 Å². The van der Waals surface area contributed by atoms with Crippen LogP contribution in [0.4, 0.5) is 0 Å². The zero-order valence-corrected chi connectivity index (χ0v) is 15.8. The second-order valence-electron chi connectivity index (χ2n) is 7.47. The number of hydrogen-bond acceptors (Lipinski definition) is 4. The second-order valence-corrected chi connectivity index (χ2v) is 9.46. The number of carbonyl (C=O) groups is 2. The maximum atomic E-state index is 12.6. The summed E-state index contributed by atoms with van der Waals surface area (Å²) in [5.41, 5.74) is 1.04. The van der Waals surface area contributed by atoms with Crippen LogP contribution >= 0.6 is 0 Å². The molecule has 2 saturated heterocycles. The number of carbonyl (C=O) groups excluding carboxylic acids is 1. The quantitative estimate of drug-likeness (QED) is 0.813. The lowest BCUT2D eigenvalue weighted by Gasteiger charge is -2.24. The Morgan fingerprint density at radius 2 is 1.85 bits per heavy atom. The highest BCUT2D eigenvalue weighted by molar-refractivity contribution is 7.88. The Morgan fingerprint density at radius 1 is 1.19 bits per heavy atom. The molecule has 0 bridgehead atoms. The lowest BCUT2D eigenvalue weighted by molar-refractivity contribution is -0.149. The first-order chi connectivity index (χ1) is 12.1. The summed E-state index contributed by atoms with van der Waals surface area (Å²) in [5, 5.41) is 9.73. The Labute approximate surface area is 153 Å². The molecule has 26 heavy (non-hydrogen) atoms. The molecule has 0 unspecified atom stereocenters. The minimum atomic E-state index is -3.44. The third-order valence-electron chi connectivity index (χ3n) is 5.57. The van der Waals surface area contributed by atoms with Crippen molar-refractivity contribution in [3.8, 4) is 0 Å². The molecular formula is C18H24N2O5S. The van der Waals surface area contributed by atoms with Crippen molar-refractivity contribution in [1.29, 1.82) is 0 Å². The molecule has 142 valence electrons. The van der Waals surface area contributed by atoms with Crippen LogP contribution in [0.5, 0.6) is 0 Å². The summed E-state index contributed by atoms with van der Waals surface area (Å²) in [7, 11) is -3.44. The lowest BCUT2D eigenvalue weighted by Crippen LogP contribution is -2.42. The summed E-state index contributed by atoms with van der Waals surface area (Å²) < 4.78 is 24.8. The molecule has 2 aliphatic heterocycles. The second kappa shape index (κ2) is 6.66. The number of hydrogen-bond donors (Lipinski definition) is 1. The smallest absolute Gasteiger partial charge is 0.313 e. The van der Waals surface area contributed by atoms with Gasteiger partial charge in [-0.15, -0.1) is 0 Å². The molecule has 1 aromatic rings. The van der Waals surface area contributed by atoms with Crippen molar-refractivity contribution in [1.82, 2.24) is 9.21 Å². The van der Waals surface area contributed by atoms with Gasteiger partial charge in [0, 0.05) is 38.5 Å². The van der Waals surface area contributed by atoms with E-state index in [1.807, 2.05) is 31.2 Å². The Bertz CT molecular complexity index is 820. The van der Waals surface area contributed by atoms with Crippen LogP contribution in [0.3, 0.4) is 0 Å². The van der Waals surface area contributed by atoms with E-state index in [0.29, 0.717) is 19.4 Å². The van der Waals surface area contributed by atoms with Gasteiger partial charge in [-0.25, -0.2) is 12.7 Å². The monoisotopic (exact) mass is 380 g/mol. The number of sulfonamides is 1. The molecule has 7 nitrogen and oxygen atoms in total. The maximum absolute atomic E-state index is 12.6. The Kier molecular flexibility index (Phi) is 4.83. The average Bonchev–Trinajstić information content (AvgIpc) is 3.09. The number of fused-ring (bicyclic) bond motifs is 1. The van der Waals surface area contributed by atoms with Gasteiger partial charge in [0.15, 0.2) is 0 Å². The zero-order chi connectivity index (χ0) is 19.1. The van der Waals surface area contributed by atoms with Crippen LogP contribution < -0.4 is 0 Å². The number of aliphatic carboxylic acids is 1. The van der Waals surface area contributed by atoms with Crippen molar-refractivity contribution >= 4 is 21.9 Å². The first-order valence-corrected chi connectivity index (χ1v) is 10.5. The number of rotatable bonds is 5. The first kappa shape index (κ1) is 18.8. The number of benzene rings is 1. The molecule has 2 fully saturated rings. The van der Waals surface area contributed by atoms with Gasteiger partial charge in [0.25, 0.3) is 0 Å². The largest absolute Gasteiger partial charge is 0.481 e. The molecule has 0 saturated carbocycles. The number of carboxylic acids is 1. The van der Waals surface area contributed by atoms with E-state index in [4.69, 9.17) is 0 Å². The van der Waals surface area contributed by atoms with Crippen molar-refractivity contribution in [3.05, 3.63) is 35.4 Å². The standard InChI is InChI=1S/C18H24N2O5S/c1-13-3-5-14(6-4-13)7-8-16(21)19-9-15-10-20(26(2,24)25)12-18(15,11-19)17(22)23/h3-6,15H,7-12H2,1-2H3,(H,22,23)/t15-,18-/m1/s1. The van der Waals surface area contributed by atoms with E-state index >= 15 is 0 Å². The average molecular weight is 380 g/mol. The van der Waals surface area contributed by atoms with Crippen LogP contribution in [0.25, 0.3) is 0 Å². The van der Waals surface area contributed by atoms with Gasteiger partial charge >= 0.3 is 5.97 Å². The minimum Gasteiger partial charge on any atom is -0.481 e. The minimum absolute atomic E-state index is 0.0619. The predicted octanol–water partition coefficient (Wildman–Crippen LogP) is 0.732. The van der Waals surface area contributed by atoms with Crippen LogP contribution in [-0.2, 0) is 26.0 Å². The van der Waals surface area contributed by atoms with E-state index < -0.39 is 21.4 Å². The third kappa shape index (κ3) is 3.48. The summed E-state index contributed by atoms with van der Waals surface area (Å²) in [4.78, 5) is 26.0. The fourth-order valence-electron chi connectivity index (χ4n) is 3.93. The normalized spacial score (nSPS) is 26.1. The molecule has 3 rings (SSSR count). The van der Waals surface area contributed by atoms with Crippen LogP contribution in [0, 0.1) is 18.3 Å². The SMILES string of the molecule is Cc1ccc(CCC(=O)N2C[C@@H]3CN(S(C)(=O)=O)C[C@]3(C(=O)O)C2)cc1. The molecule has 0 spiro atoms. The Balaban J connectivity index is 1.66. The van der Waals surface area contributed by atoms with Gasteiger partial charge in [-0.05, 0) is 18.9 Å². The van der Waals surface area contributed by atoms with Gasteiger partial charge in [-0.3, -0.25) is 9.59 Å². The molecule has 8 heteroatoms. The highest BCUT2D eigenvalue weighted by atomic mass is 32.2. The van der Waals surface area contributed by atoms with Crippen LogP contribution in [-0.4, -0.2) is 67.0 Å². The van der Waals surface area contributed by atoms with Gasteiger partial charge in [0.05, 0.1) is 6.26 Å². The fraction of sp³-hybridized carbons (Fsp3) is 0.556. The number of aryl methyl sites for hydroxylation is 2. The summed E-state index contributed by atoms with van der Waals surface area (Å²) in [6, 6.07) is 7.98. The molecule has 2 aliphatic rings. The van der Waals surface area contributed by atoms with Crippen LogP contribution in [0.1, 0.15) is 17.5 Å². The number of nitrogens with zero attached hydrogens (tertiary/aromatic N) is 2. The molecule has 2 heterocycles. The number of likely N-dealkylation sites (tertiary alicyclic amines) is 1. The van der Waals surface area contributed by atoms with E-state index in [2.05, 4.69) is 0 Å². The van der Waals surface area contributed by atoms with Gasteiger partial charge in [-0.2, -0.15) is 0 Å². The molecule has 1 amide bonds. The first-order valence-electron chi connectivity index (χ1n) is 8.64. The molecular weight excluding hydrogens is 356 g/mol. The van der Waals surface area contributed by atoms with Crippen molar-refractivity contribution < 1.29 is 23.1 Å². The fourth-order valence-corrected chi connectivity index (χ4v) is 4.84. The lowest BCUT2D eigenvalue weighted by atomic mass is 9.81. The molecule has 2 atom stereocenters.